The van der Waals surface area contributed by atoms with Gasteiger partial charge in [0, 0.05) is 12.0 Å². The summed E-state index contributed by atoms with van der Waals surface area (Å²) >= 11 is 0. The van der Waals surface area contributed by atoms with Crippen molar-refractivity contribution < 1.29 is 9.13 Å². The lowest BCUT2D eigenvalue weighted by Crippen LogP contribution is -2.09. The van der Waals surface area contributed by atoms with Crippen molar-refractivity contribution in [3.05, 3.63) is 42.2 Å². The summed E-state index contributed by atoms with van der Waals surface area (Å²) in [6, 6.07) is 8.61. The van der Waals surface area contributed by atoms with Crippen molar-refractivity contribution in [3.8, 4) is 17.1 Å². The van der Waals surface area contributed by atoms with Gasteiger partial charge in [0.1, 0.15) is 6.17 Å². The molecule has 0 saturated heterocycles. The lowest BCUT2D eigenvalue weighted by Gasteiger charge is -2.14. The Morgan fingerprint density at radius 2 is 1.26 bits per heavy atom. The van der Waals surface area contributed by atoms with E-state index in [9.17, 15) is 4.39 Å². The minimum absolute atomic E-state index is 0.363. The van der Waals surface area contributed by atoms with Gasteiger partial charge in [-0.2, -0.15) is 0 Å². The topological polar surface area (TPSA) is 35.0 Å². The number of alkyl halides is 1. The number of hydrogen-bond acceptors (Lipinski definition) is 3. The van der Waals surface area contributed by atoms with E-state index < -0.39 is 6.17 Å². The molecule has 1 aromatic heterocycles. The standard InChI is InChI=1S/C34H55FN2O/c1-4-6-8-9-10-11-12-13-14-16-18-30-20-22-31(23-21-30)34-36-27-33(28-37-34)38-26-25-32(35)24-19-29(3)17-15-7-5-2/h20-23,27-29,32H,4-19,24-26H2,1-3H3. The zero-order valence-electron chi connectivity index (χ0n) is 24.7. The van der Waals surface area contributed by atoms with Gasteiger partial charge < -0.3 is 4.74 Å². The van der Waals surface area contributed by atoms with Gasteiger partial charge in [0.15, 0.2) is 11.6 Å². The van der Waals surface area contributed by atoms with Crippen LogP contribution in [0.2, 0.25) is 0 Å². The molecule has 3 nitrogen and oxygen atoms in total. The molecule has 0 N–H and O–H groups in total. The van der Waals surface area contributed by atoms with Crippen molar-refractivity contribution in [2.45, 2.75) is 143 Å². The average Bonchev–Trinajstić information content (AvgIpc) is 2.94. The van der Waals surface area contributed by atoms with Crippen molar-refractivity contribution >= 4 is 0 Å². The normalized spacial score (nSPS) is 12.9. The van der Waals surface area contributed by atoms with Crippen molar-refractivity contribution in [2.75, 3.05) is 6.61 Å². The van der Waals surface area contributed by atoms with Gasteiger partial charge in [-0.3, -0.25) is 0 Å². The summed E-state index contributed by atoms with van der Waals surface area (Å²) in [6.07, 6.45) is 24.4. The van der Waals surface area contributed by atoms with E-state index in [-0.39, 0.29) is 0 Å². The Morgan fingerprint density at radius 3 is 1.89 bits per heavy atom. The minimum atomic E-state index is -0.803. The van der Waals surface area contributed by atoms with Gasteiger partial charge in [-0.25, -0.2) is 14.4 Å². The summed E-state index contributed by atoms with van der Waals surface area (Å²) in [5.41, 5.74) is 2.39. The molecule has 2 rings (SSSR count). The molecule has 0 aliphatic carbocycles. The molecule has 0 bridgehead atoms. The predicted octanol–water partition coefficient (Wildman–Crippen LogP) is 10.7. The third kappa shape index (κ3) is 14.8. The molecule has 0 saturated carbocycles. The van der Waals surface area contributed by atoms with Crippen LogP contribution in [0.3, 0.4) is 0 Å². The molecule has 2 atom stereocenters. The highest BCUT2D eigenvalue weighted by molar-refractivity contribution is 5.55. The lowest BCUT2D eigenvalue weighted by atomic mass is 9.96. The smallest absolute Gasteiger partial charge is 0.159 e. The zero-order valence-corrected chi connectivity index (χ0v) is 24.7. The summed E-state index contributed by atoms with van der Waals surface area (Å²) < 4.78 is 20.0. The van der Waals surface area contributed by atoms with Gasteiger partial charge in [0.05, 0.1) is 19.0 Å². The Labute approximate surface area is 233 Å². The van der Waals surface area contributed by atoms with Gasteiger partial charge in [-0.15, -0.1) is 0 Å². The van der Waals surface area contributed by atoms with Crippen LogP contribution < -0.4 is 4.74 Å². The summed E-state index contributed by atoms with van der Waals surface area (Å²) in [7, 11) is 0. The highest BCUT2D eigenvalue weighted by atomic mass is 19.1. The van der Waals surface area contributed by atoms with E-state index in [0.29, 0.717) is 36.9 Å². The second kappa shape index (κ2) is 20.9. The maximum absolute atomic E-state index is 14.3. The first kappa shape index (κ1) is 32.2. The number of unbranched alkanes of at least 4 members (excludes halogenated alkanes) is 11. The molecular formula is C34H55FN2O. The SMILES string of the molecule is CCCCCCCCCCCCc1ccc(-c2ncc(OCCC(F)CCC(C)CCCCC)cn2)cc1. The minimum Gasteiger partial charge on any atom is -0.490 e. The van der Waals surface area contributed by atoms with Crippen LogP contribution in [0.1, 0.15) is 135 Å². The molecule has 2 aromatic rings. The molecule has 1 aromatic carbocycles. The molecule has 214 valence electrons. The van der Waals surface area contributed by atoms with Crippen LogP contribution in [0.4, 0.5) is 4.39 Å². The highest BCUT2D eigenvalue weighted by Gasteiger charge is 2.11. The van der Waals surface area contributed by atoms with Crippen LogP contribution in [0.25, 0.3) is 11.4 Å². The second-order valence-electron chi connectivity index (χ2n) is 11.3. The molecular weight excluding hydrogens is 471 g/mol. The summed E-state index contributed by atoms with van der Waals surface area (Å²) in [5.74, 6) is 1.91. The quantitative estimate of drug-likeness (QED) is 0.135. The van der Waals surface area contributed by atoms with E-state index in [1.165, 1.54) is 95.5 Å². The van der Waals surface area contributed by atoms with Crippen LogP contribution in [-0.4, -0.2) is 22.7 Å². The van der Waals surface area contributed by atoms with Gasteiger partial charge >= 0.3 is 0 Å². The fourth-order valence-electron chi connectivity index (χ4n) is 4.98. The molecule has 0 amide bonds. The number of nitrogens with zero attached hydrogens (tertiary/aromatic N) is 2. The molecule has 1 heterocycles. The third-order valence-corrected chi connectivity index (χ3v) is 7.63. The average molecular weight is 527 g/mol. The lowest BCUT2D eigenvalue weighted by molar-refractivity contribution is 0.215. The number of benzene rings is 1. The Bertz CT molecular complexity index is 808. The molecule has 38 heavy (non-hydrogen) atoms. The van der Waals surface area contributed by atoms with Gasteiger partial charge in [-0.05, 0) is 37.2 Å². The Morgan fingerprint density at radius 1 is 0.684 bits per heavy atom. The van der Waals surface area contributed by atoms with E-state index in [1.807, 2.05) is 0 Å². The first-order valence-corrected chi connectivity index (χ1v) is 15.8. The van der Waals surface area contributed by atoms with Gasteiger partial charge in [-0.1, -0.05) is 129 Å². The van der Waals surface area contributed by atoms with Crippen LogP contribution in [0.5, 0.6) is 5.75 Å². The maximum Gasteiger partial charge on any atom is 0.159 e. The third-order valence-electron chi connectivity index (χ3n) is 7.63. The Kier molecular flexibility index (Phi) is 17.8. The zero-order chi connectivity index (χ0) is 27.3. The Hall–Kier alpha value is -1.97. The van der Waals surface area contributed by atoms with Gasteiger partial charge in [0.25, 0.3) is 0 Å². The Balaban J connectivity index is 1.59. The number of aryl methyl sites for hydroxylation is 1. The fourth-order valence-corrected chi connectivity index (χ4v) is 4.98. The van der Waals surface area contributed by atoms with Crippen molar-refractivity contribution in [1.82, 2.24) is 9.97 Å². The molecule has 0 spiro atoms. The second-order valence-corrected chi connectivity index (χ2v) is 11.3. The van der Waals surface area contributed by atoms with Crippen molar-refractivity contribution in [2.24, 2.45) is 5.92 Å². The molecule has 0 fully saturated rings. The van der Waals surface area contributed by atoms with Crippen molar-refractivity contribution in [3.63, 3.8) is 0 Å². The first-order valence-electron chi connectivity index (χ1n) is 15.8. The predicted molar refractivity (Wildman–Crippen MR) is 161 cm³/mol. The number of halogens is 1. The largest absolute Gasteiger partial charge is 0.490 e. The molecule has 0 aliphatic heterocycles. The molecule has 2 unspecified atom stereocenters. The van der Waals surface area contributed by atoms with E-state index >= 15 is 0 Å². The molecule has 4 heteroatoms. The molecule has 0 radical (unpaired) electrons. The highest BCUT2D eigenvalue weighted by Crippen LogP contribution is 2.21. The van der Waals surface area contributed by atoms with E-state index in [4.69, 9.17) is 4.74 Å². The van der Waals surface area contributed by atoms with Crippen LogP contribution in [-0.2, 0) is 6.42 Å². The molecule has 0 aliphatic rings. The van der Waals surface area contributed by atoms with Crippen molar-refractivity contribution in [1.29, 1.82) is 0 Å². The monoisotopic (exact) mass is 526 g/mol. The number of aromatic nitrogens is 2. The fraction of sp³-hybridized carbons (Fsp3) is 0.706. The first-order chi connectivity index (χ1) is 18.6. The van der Waals surface area contributed by atoms with E-state index in [0.717, 1.165) is 18.4 Å². The van der Waals surface area contributed by atoms with Crippen LogP contribution >= 0.6 is 0 Å². The maximum atomic E-state index is 14.3. The summed E-state index contributed by atoms with van der Waals surface area (Å²) in [4.78, 5) is 8.94. The number of hydrogen-bond donors (Lipinski definition) is 0. The van der Waals surface area contributed by atoms with Gasteiger partial charge in [0.2, 0.25) is 0 Å². The van der Waals surface area contributed by atoms with Crippen LogP contribution in [0.15, 0.2) is 36.7 Å². The van der Waals surface area contributed by atoms with E-state index in [2.05, 4.69) is 55.0 Å². The number of ether oxygens (including phenoxy) is 1. The number of rotatable bonds is 23. The van der Waals surface area contributed by atoms with Crippen LogP contribution in [0, 0.1) is 5.92 Å². The summed E-state index contributed by atoms with van der Waals surface area (Å²) in [5, 5.41) is 0. The summed E-state index contributed by atoms with van der Waals surface area (Å²) in [6.45, 7) is 7.10. The van der Waals surface area contributed by atoms with E-state index in [1.54, 1.807) is 12.4 Å².